The first-order valence-electron chi connectivity index (χ1n) is 13.8. The van der Waals surface area contributed by atoms with Crippen molar-refractivity contribution < 1.29 is 19.4 Å². The lowest BCUT2D eigenvalue weighted by atomic mass is 9.58. The number of hydrogen-bond acceptors (Lipinski definition) is 5. The van der Waals surface area contributed by atoms with Crippen LogP contribution in [0.1, 0.15) is 74.9 Å². The predicted octanol–water partition coefficient (Wildman–Crippen LogP) is 6.73. The number of nitrogens with zero attached hydrogens (tertiary/aromatic N) is 1. The fourth-order valence-electron chi connectivity index (χ4n) is 6.61. The van der Waals surface area contributed by atoms with E-state index in [-0.39, 0.29) is 22.7 Å². The molecule has 2 aliphatic carbocycles. The number of esters is 1. The van der Waals surface area contributed by atoms with Gasteiger partial charge in [-0.3, -0.25) is 0 Å². The van der Waals surface area contributed by atoms with Crippen LogP contribution in [0.15, 0.2) is 49.1 Å². The minimum atomic E-state index is -0.578. The van der Waals surface area contributed by atoms with Crippen LogP contribution in [0, 0.1) is 11.3 Å². The van der Waals surface area contributed by atoms with Crippen LogP contribution in [-0.2, 0) is 16.6 Å². The summed E-state index contributed by atoms with van der Waals surface area (Å²) in [4.78, 5) is 15.4. The number of rotatable bonds is 5. The van der Waals surface area contributed by atoms with E-state index < -0.39 is 11.7 Å². The van der Waals surface area contributed by atoms with Crippen molar-refractivity contribution in [3.05, 3.63) is 70.8 Å². The summed E-state index contributed by atoms with van der Waals surface area (Å²) in [5, 5.41) is 11.5. The molecule has 1 heterocycles. The first-order valence-corrected chi connectivity index (χ1v) is 14.2. The minimum Gasteiger partial charge on any atom is -0.490 e. The Balaban J connectivity index is 1.55. The van der Waals surface area contributed by atoms with Gasteiger partial charge in [0.15, 0.2) is 0 Å². The van der Waals surface area contributed by atoms with Crippen LogP contribution in [0.25, 0.3) is 0 Å². The standard InChI is InChI=1S/C32H40ClNO4/c1-6-28(35)31(5)15-13-23(31)18-34-19-32(14-7-8-21-16-24(33)10-11-25(21)32)20-37-27-12-9-22(17-26(27)34)29(36)38-30(2,3)4/h6,9-12,16-17,23,28,35H,1,7-8,13-15,18-20H2,2-5H3/t23-,28-,31+,32?/m1/s1. The number of hydrogen-bond donors (Lipinski definition) is 1. The smallest absolute Gasteiger partial charge is 0.338 e. The lowest BCUT2D eigenvalue weighted by Gasteiger charge is -2.52. The number of fused-ring (bicyclic) bond motifs is 3. The maximum atomic E-state index is 13.0. The number of halogens is 1. The number of aryl methyl sites for hydroxylation is 1. The van der Waals surface area contributed by atoms with Gasteiger partial charge in [0.05, 0.1) is 24.0 Å². The summed E-state index contributed by atoms with van der Waals surface area (Å²) in [6, 6.07) is 11.9. The second-order valence-electron chi connectivity index (χ2n) is 12.7. The Hall–Kier alpha value is -2.50. The first kappa shape index (κ1) is 27.1. The van der Waals surface area contributed by atoms with Crippen molar-refractivity contribution in [3.63, 3.8) is 0 Å². The van der Waals surface area contributed by atoms with Crippen molar-refractivity contribution in [2.24, 2.45) is 11.3 Å². The maximum absolute atomic E-state index is 13.0. The average molecular weight is 538 g/mol. The van der Waals surface area contributed by atoms with Gasteiger partial charge in [-0.25, -0.2) is 4.79 Å². The Morgan fingerprint density at radius 2 is 2.08 bits per heavy atom. The van der Waals surface area contributed by atoms with Crippen molar-refractivity contribution in [1.29, 1.82) is 0 Å². The van der Waals surface area contributed by atoms with Gasteiger partial charge >= 0.3 is 5.97 Å². The molecule has 6 heteroatoms. The molecule has 0 bridgehead atoms. The molecule has 1 saturated carbocycles. The van der Waals surface area contributed by atoms with Gasteiger partial charge in [0, 0.05) is 28.9 Å². The number of carbonyl (C=O) groups is 1. The topological polar surface area (TPSA) is 59.0 Å². The summed E-state index contributed by atoms with van der Waals surface area (Å²) in [5.41, 5.74) is 3.04. The monoisotopic (exact) mass is 537 g/mol. The van der Waals surface area contributed by atoms with Gasteiger partial charge in [0.25, 0.3) is 0 Å². The zero-order valence-electron chi connectivity index (χ0n) is 23.1. The lowest BCUT2D eigenvalue weighted by molar-refractivity contribution is -0.0466. The fourth-order valence-corrected chi connectivity index (χ4v) is 6.80. The predicted molar refractivity (Wildman–Crippen MR) is 152 cm³/mol. The molecule has 0 radical (unpaired) electrons. The molecule has 3 aliphatic rings. The molecule has 4 atom stereocenters. The molecular weight excluding hydrogens is 498 g/mol. The van der Waals surface area contributed by atoms with E-state index in [2.05, 4.69) is 30.5 Å². The van der Waals surface area contributed by atoms with E-state index >= 15 is 0 Å². The Morgan fingerprint density at radius 1 is 1.29 bits per heavy atom. The highest BCUT2D eigenvalue weighted by Crippen LogP contribution is 2.52. The second kappa shape index (κ2) is 9.91. The Kier molecular flexibility index (Phi) is 7.06. The highest BCUT2D eigenvalue weighted by atomic mass is 35.5. The van der Waals surface area contributed by atoms with E-state index in [0.717, 1.165) is 61.7 Å². The van der Waals surface area contributed by atoms with Crippen LogP contribution < -0.4 is 9.64 Å². The zero-order valence-corrected chi connectivity index (χ0v) is 23.8. The molecule has 38 heavy (non-hydrogen) atoms. The SMILES string of the molecule is C=C[C@@H](O)[C@@]1(C)CC[C@@H]1CN1CC2(CCCc3cc(Cl)ccc32)COc2ccc(C(=O)OC(C)(C)C)cc21. The van der Waals surface area contributed by atoms with E-state index in [0.29, 0.717) is 12.2 Å². The summed E-state index contributed by atoms with van der Waals surface area (Å²) in [6.45, 7) is 13.7. The van der Waals surface area contributed by atoms with Crippen LogP contribution in [-0.4, -0.2) is 42.5 Å². The third kappa shape index (κ3) is 4.96. The maximum Gasteiger partial charge on any atom is 0.338 e. The van der Waals surface area contributed by atoms with Gasteiger partial charge < -0.3 is 19.5 Å². The van der Waals surface area contributed by atoms with Gasteiger partial charge in [-0.15, -0.1) is 6.58 Å². The summed E-state index contributed by atoms with van der Waals surface area (Å²) in [7, 11) is 0. The summed E-state index contributed by atoms with van der Waals surface area (Å²) in [5.74, 6) is 0.727. The van der Waals surface area contributed by atoms with E-state index in [1.54, 1.807) is 12.1 Å². The highest BCUT2D eigenvalue weighted by Gasteiger charge is 2.49. The fraction of sp³-hybridized carbons (Fsp3) is 0.531. The first-order chi connectivity index (χ1) is 17.9. The third-order valence-corrected chi connectivity index (χ3v) is 9.21. The van der Waals surface area contributed by atoms with Crippen LogP contribution in [0.2, 0.25) is 5.02 Å². The number of aliphatic hydroxyl groups excluding tert-OH is 1. The molecular formula is C32H40ClNO4. The molecule has 1 N–H and O–H groups in total. The van der Waals surface area contributed by atoms with Crippen molar-refractivity contribution in [3.8, 4) is 5.75 Å². The zero-order chi connectivity index (χ0) is 27.3. The van der Waals surface area contributed by atoms with Crippen molar-refractivity contribution >= 4 is 23.3 Å². The number of aliphatic hydroxyl groups is 1. The number of carbonyl (C=O) groups excluding carboxylic acids is 1. The molecule has 0 amide bonds. The van der Waals surface area contributed by atoms with E-state index in [4.69, 9.17) is 21.1 Å². The van der Waals surface area contributed by atoms with Crippen molar-refractivity contribution in [2.45, 2.75) is 76.9 Å². The van der Waals surface area contributed by atoms with E-state index in [1.165, 1.54) is 11.1 Å². The van der Waals surface area contributed by atoms with Crippen molar-refractivity contribution in [1.82, 2.24) is 0 Å². The van der Waals surface area contributed by atoms with Crippen LogP contribution in [0.3, 0.4) is 0 Å². The second-order valence-corrected chi connectivity index (χ2v) is 13.1. The number of ether oxygens (including phenoxy) is 2. The molecule has 2 aromatic carbocycles. The van der Waals surface area contributed by atoms with Crippen LogP contribution in [0.4, 0.5) is 5.69 Å². The Bertz CT molecular complexity index is 1240. The average Bonchev–Trinajstić information content (AvgIpc) is 3.01. The molecule has 1 spiro atoms. The normalized spacial score (nSPS) is 27.3. The molecule has 1 unspecified atom stereocenters. The molecule has 204 valence electrons. The van der Waals surface area contributed by atoms with Crippen molar-refractivity contribution in [2.75, 3.05) is 24.6 Å². The number of anilines is 1. The minimum absolute atomic E-state index is 0.194. The highest BCUT2D eigenvalue weighted by molar-refractivity contribution is 6.30. The van der Waals surface area contributed by atoms with Gasteiger partial charge in [-0.2, -0.15) is 0 Å². The summed E-state index contributed by atoms with van der Waals surface area (Å²) >= 11 is 6.38. The van der Waals surface area contributed by atoms with Crippen LogP contribution in [0.5, 0.6) is 5.75 Å². The Morgan fingerprint density at radius 3 is 2.76 bits per heavy atom. The largest absolute Gasteiger partial charge is 0.490 e. The van der Waals surface area contributed by atoms with Gasteiger partial charge in [-0.1, -0.05) is 30.7 Å². The Labute approximate surface area is 231 Å². The molecule has 0 saturated heterocycles. The third-order valence-electron chi connectivity index (χ3n) is 8.98. The number of benzene rings is 2. The summed E-state index contributed by atoms with van der Waals surface area (Å²) in [6.07, 6.45) is 6.21. The van der Waals surface area contributed by atoms with E-state index in [1.807, 2.05) is 39.0 Å². The molecule has 1 aliphatic heterocycles. The van der Waals surface area contributed by atoms with Gasteiger partial charge in [0.1, 0.15) is 11.4 Å². The van der Waals surface area contributed by atoms with Crippen LogP contribution >= 0.6 is 11.6 Å². The quantitative estimate of drug-likeness (QED) is 0.338. The summed E-state index contributed by atoms with van der Waals surface area (Å²) < 4.78 is 12.2. The molecule has 5 rings (SSSR count). The van der Waals surface area contributed by atoms with Gasteiger partial charge in [0.2, 0.25) is 0 Å². The lowest BCUT2D eigenvalue weighted by Crippen LogP contribution is -2.53. The van der Waals surface area contributed by atoms with E-state index in [9.17, 15) is 9.90 Å². The van der Waals surface area contributed by atoms with Gasteiger partial charge in [-0.05, 0) is 100 Å². The molecule has 1 fully saturated rings. The molecule has 5 nitrogen and oxygen atoms in total. The molecule has 2 aromatic rings. The molecule has 0 aromatic heterocycles.